The van der Waals surface area contributed by atoms with Crippen LogP contribution in [0.3, 0.4) is 0 Å². The molecule has 0 aromatic carbocycles. The molecule has 0 aliphatic rings. The van der Waals surface area contributed by atoms with Crippen molar-refractivity contribution in [3.63, 3.8) is 0 Å². The number of nitrogens with zero attached hydrogens (tertiary/aromatic N) is 1. The summed E-state index contributed by atoms with van der Waals surface area (Å²) in [5.41, 5.74) is 1.01. The minimum Gasteiger partial charge on any atom is -0.240 e. The largest absolute Gasteiger partial charge is 0.264 e. The number of halogens is 4. The first-order valence-electron chi connectivity index (χ1n) is 3.56. The third-order valence-corrected chi connectivity index (χ3v) is 2.47. The van der Waals surface area contributed by atoms with Crippen LogP contribution in [0.25, 0.3) is 0 Å². The monoisotopic (exact) mass is 269 g/mol. The Morgan fingerprint density at radius 2 is 2.23 bits per heavy atom. The highest BCUT2D eigenvalue weighted by atomic mass is 79.9. The van der Waals surface area contributed by atoms with Gasteiger partial charge >= 0.3 is 0 Å². The number of alkyl halides is 3. The molecule has 0 N–H and O–H groups in total. The van der Waals surface area contributed by atoms with E-state index in [1.54, 1.807) is 6.92 Å². The summed E-state index contributed by atoms with van der Waals surface area (Å²) >= 11 is 8.74. The molecule has 1 rings (SSSR count). The molecule has 72 valence electrons. The van der Waals surface area contributed by atoms with Gasteiger partial charge in [-0.25, -0.2) is 13.8 Å². The fraction of sp³-hybridized carbons (Fsp3) is 0.375. The van der Waals surface area contributed by atoms with Crippen molar-refractivity contribution in [2.24, 2.45) is 0 Å². The lowest BCUT2D eigenvalue weighted by atomic mass is 10.1. The van der Waals surface area contributed by atoms with Crippen LogP contribution < -0.4 is 0 Å². The van der Waals surface area contributed by atoms with Crippen LogP contribution in [0.15, 0.2) is 6.07 Å². The van der Waals surface area contributed by atoms with Crippen LogP contribution >= 0.6 is 27.5 Å². The second-order valence-corrected chi connectivity index (χ2v) is 3.49. The van der Waals surface area contributed by atoms with Gasteiger partial charge in [0, 0.05) is 10.9 Å². The first kappa shape index (κ1) is 10.9. The Hall–Kier alpha value is -0.220. The van der Waals surface area contributed by atoms with Crippen molar-refractivity contribution in [3.8, 4) is 0 Å². The summed E-state index contributed by atoms with van der Waals surface area (Å²) in [5, 5.41) is 0.536. The van der Waals surface area contributed by atoms with E-state index in [-0.39, 0.29) is 10.7 Å². The van der Waals surface area contributed by atoms with E-state index < -0.39 is 6.43 Å². The Labute approximate surface area is 88.2 Å². The quantitative estimate of drug-likeness (QED) is 0.587. The highest BCUT2D eigenvalue weighted by Gasteiger charge is 2.14. The first-order chi connectivity index (χ1) is 6.06. The van der Waals surface area contributed by atoms with Gasteiger partial charge in [0.25, 0.3) is 6.43 Å². The summed E-state index contributed by atoms with van der Waals surface area (Å²) in [6, 6.07) is 1.20. The van der Waals surface area contributed by atoms with E-state index >= 15 is 0 Å². The molecule has 1 heterocycles. The first-order valence-corrected chi connectivity index (χ1v) is 5.06. The van der Waals surface area contributed by atoms with Crippen molar-refractivity contribution in [3.05, 3.63) is 28.0 Å². The molecule has 0 radical (unpaired) electrons. The summed E-state index contributed by atoms with van der Waals surface area (Å²) in [4.78, 5) is 3.92. The lowest BCUT2D eigenvalue weighted by molar-refractivity contribution is 0.150. The van der Waals surface area contributed by atoms with E-state index in [2.05, 4.69) is 20.9 Å². The van der Waals surface area contributed by atoms with E-state index in [0.717, 1.165) is 0 Å². The molecule has 1 aromatic rings. The van der Waals surface area contributed by atoms with Crippen LogP contribution in [-0.2, 0) is 5.33 Å². The Kier molecular flexibility index (Phi) is 3.62. The SMILES string of the molecule is Cc1c(C(F)F)cc(Cl)nc1CBr. The molecule has 0 saturated carbocycles. The molecule has 1 aromatic heterocycles. The summed E-state index contributed by atoms with van der Waals surface area (Å²) in [7, 11) is 0. The normalized spacial score (nSPS) is 10.9. The number of rotatable bonds is 2. The molecule has 0 bridgehead atoms. The van der Waals surface area contributed by atoms with Crippen LogP contribution in [-0.4, -0.2) is 4.98 Å². The summed E-state index contributed by atoms with van der Waals surface area (Å²) in [6.45, 7) is 1.61. The molecule has 0 fully saturated rings. The van der Waals surface area contributed by atoms with Crippen LogP contribution in [0.2, 0.25) is 5.15 Å². The van der Waals surface area contributed by atoms with Gasteiger partial charge in [-0.15, -0.1) is 0 Å². The molecule has 0 aliphatic heterocycles. The molecule has 13 heavy (non-hydrogen) atoms. The van der Waals surface area contributed by atoms with Gasteiger partial charge in [-0.2, -0.15) is 0 Å². The average molecular weight is 271 g/mol. The van der Waals surface area contributed by atoms with Gasteiger partial charge in [0.05, 0.1) is 5.69 Å². The van der Waals surface area contributed by atoms with E-state index in [1.165, 1.54) is 6.07 Å². The molecule has 0 unspecified atom stereocenters. The maximum absolute atomic E-state index is 12.4. The van der Waals surface area contributed by atoms with Crippen molar-refractivity contribution in [1.29, 1.82) is 0 Å². The smallest absolute Gasteiger partial charge is 0.240 e. The van der Waals surface area contributed by atoms with Crippen LogP contribution in [0.4, 0.5) is 8.78 Å². The Morgan fingerprint density at radius 1 is 1.62 bits per heavy atom. The maximum atomic E-state index is 12.4. The van der Waals surface area contributed by atoms with Gasteiger partial charge in [0.2, 0.25) is 0 Å². The van der Waals surface area contributed by atoms with Crippen LogP contribution in [0.1, 0.15) is 23.2 Å². The Balaban J connectivity index is 3.27. The fourth-order valence-corrected chi connectivity index (χ4v) is 1.77. The molecule has 0 atom stereocenters. The number of pyridine rings is 1. The molecule has 5 heteroatoms. The van der Waals surface area contributed by atoms with Gasteiger partial charge in [-0.05, 0) is 18.6 Å². The highest BCUT2D eigenvalue weighted by molar-refractivity contribution is 9.08. The second-order valence-electron chi connectivity index (χ2n) is 2.54. The lowest BCUT2D eigenvalue weighted by Crippen LogP contribution is -1.98. The molecule has 0 aliphatic carbocycles. The Morgan fingerprint density at radius 3 is 2.69 bits per heavy atom. The van der Waals surface area contributed by atoms with Gasteiger partial charge in [-0.1, -0.05) is 27.5 Å². The molecular formula is C8H7BrClF2N. The minimum absolute atomic E-state index is 0.0468. The zero-order valence-corrected chi connectivity index (χ0v) is 9.16. The van der Waals surface area contributed by atoms with E-state index in [4.69, 9.17) is 11.6 Å². The lowest BCUT2D eigenvalue weighted by Gasteiger charge is -2.08. The van der Waals surface area contributed by atoms with Gasteiger partial charge in [0.15, 0.2) is 0 Å². The molecule has 0 spiro atoms. The van der Waals surface area contributed by atoms with Crippen molar-refractivity contribution in [2.75, 3.05) is 0 Å². The zero-order chi connectivity index (χ0) is 10.0. The molecular weight excluding hydrogens is 263 g/mol. The number of hydrogen-bond acceptors (Lipinski definition) is 1. The third-order valence-electron chi connectivity index (χ3n) is 1.74. The predicted molar refractivity (Wildman–Crippen MR) is 51.6 cm³/mol. The van der Waals surface area contributed by atoms with E-state index in [1.807, 2.05) is 0 Å². The maximum Gasteiger partial charge on any atom is 0.264 e. The fourth-order valence-electron chi connectivity index (χ4n) is 1.00. The van der Waals surface area contributed by atoms with Gasteiger partial charge < -0.3 is 0 Å². The topological polar surface area (TPSA) is 12.9 Å². The van der Waals surface area contributed by atoms with Crippen molar-refractivity contribution in [2.45, 2.75) is 18.7 Å². The highest BCUT2D eigenvalue weighted by Crippen LogP contribution is 2.27. The number of hydrogen-bond donors (Lipinski definition) is 0. The van der Waals surface area contributed by atoms with Crippen molar-refractivity contribution >= 4 is 27.5 Å². The molecule has 1 nitrogen and oxygen atoms in total. The molecule has 0 saturated heterocycles. The predicted octanol–water partition coefficient (Wildman–Crippen LogP) is 3.88. The Bertz CT molecular complexity index is 317. The van der Waals surface area contributed by atoms with E-state index in [9.17, 15) is 8.78 Å². The molecule has 0 amide bonds. The number of aromatic nitrogens is 1. The van der Waals surface area contributed by atoms with E-state index in [0.29, 0.717) is 16.6 Å². The van der Waals surface area contributed by atoms with Crippen LogP contribution in [0, 0.1) is 6.92 Å². The minimum atomic E-state index is -2.50. The summed E-state index contributed by atoms with van der Waals surface area (Å²) in [5.74, 6) is 0. The standard InChI is InChI=1S/C8H7BrClF2N/c1-4-5(8(11)12)2-7(10)13-6(4)3-9/h2,8H,3H2,1H3. The zero-order valence-electron chi connectivity index (χ0n) is 6.82. The van der Waals surface area contributed by atoms with Crippen LogP contribution in [0.5, 0.6) is 0 Å². The summed E-state index contributed by atoms with van der Waals surface area (Å²) < 4.78 is 24.8. The van der Waals surface area contributed by atoms with Crippen molar-refractivity contribution in [1.82, 2.24) is 4.98 Å². The van der Waals surface area contributed by atoms with Crippen molar-refractivity contribution < 1.29 is 8.78 Å². The second kappa shape index (κ2) is 4.33. The summed E-state index contributed by atoms with van der Waals surface area (Å²) in [6.07, 6.45) is -2.50. The van der Waals surface area contributed by atoms with Gasteiger partial charge in [-0.3, -0.25) is 0 Å². The average Bonchev–Trinajstić information content (AvgIpc) is 2.08. The van der Waals surface area contributed by atoms with Gasteiger partial charge in [0.1, 0.15) is 5.15 Å². The third kappa shape index (κ3) is 2.38.